The summed E-state index contributed by atoms with van der Waals surface area (Å²) in [4.78, 5) is 13.8. The second-order valence-electron chi connectivity index (χ2n) is 11.0. The summed E-state index contributed by atoms with van der Waals surface area (Å²) in [5, 5.41) is 0. The lowest BCUT2D eigenvalue weighted by atomic mass is 9.42. The molecular weight excluding hydrogens is 316 g/mol. The van der Waals surface area contributed by atoms with Crippen molar-refractivity contribution in [3.63, 3.8) is 0 Å². The monoisotopic (exact) mass is 358 g/mol. The van der Waals surface area contributed by atoms with Gasteiger partial charge in [0.05, 0.1) is 0 Å². The number of fused-ring (bicyclic) bond motifs is 5. The summed E-state index contributed by atoms with van der Waals surface area (Å²) in [5.41, 5.74) is 0.919. The minimum Gasteiger partial charge on any atom is -0.299 e. The molecule has 8 atom stereocenters. The van der Waals surface area contributed by atoms with E-state index < -0.39 is 0 Å². The summed E-state index contributed by atoms with van der Waals surface area (Å²) in [6.45, 7) is 9.81. The fourth-order valence-corrected chi connectivity index (χ4v) is 8.75. The average molecular weight is 359 g/mol. The Kier molecular flexibility index (Phi) is 5.06. The molecule has 0 N–H and O–H groups in total. The number of rotatable bonds is 4. The first-order valence-corrected chi connectivity index (χ1v) is 12.0. The number of unbranched alkanes of at least 4 members (excludes halogenated alkanes) is 1. The molecule has 0 radical (unpaired) electrons. The Bertz CT molecular complexity index is 538. The van der Waals surface area contributed by atoms with Gasteiger partial charge in [0.1, 0.15) is 5.78 Å². The van der Waals surface area contributed by atoms with Gasteiger partial charge in [-0.2, -0.15) is 0 Å². The van der Waals surface area contributed by atoms with Crippen LogP contribution in [0, 0.1) is 46.3 Å². The molecule has 0 aromatic carbocycles. The van der Waals surface area contributed by atoms with Gasteiger partial charge in [0.15, 0.2) is 0 Å². The predicted octanol–water partition coefficient (Wildman–Crippen LogP) is 7.04. The van der Waals surface area contributed by atoms with Crippen molar-refractivity contribution in [1.82, 2.24) is 0 Å². The van der Waals surface area contributed by atoms with Gasteiger partial charge in [0.2, 0.25) is 0 Å². The molecular formula is C25H42O. The molecule has 5 unspecified atom stereocenters. The lowest BCUT2D eigenvalue weighted by molar-refractivity contribution is -0.167. The number of carbonyl (C=O) groups is 1. The van der Waals surface area contributed by atoms with Gasteiger partial charge in [-0.1, -0.05) is 53.4 Å². The molecule has 0 aromatic heterocycles. The fourth-order valence-electron chi connectivity index (χ4n) is 8.75. The second-order valence-corrected chi connectivity index (χ2v) is 11.0. The normalized spacial score (nSPS) is 50.8. The van der Waals surface area contributed by atoms with Gasteiger partial charge < -0.3 is 0 Å². The van der Waals surface area contributed by atoms with Gasteiger partial charge in [0.25, 0.3) is 0 Å². The first-order chi connectivity index (χ1) is 12.5. The zero-order valence-electron chi connectivity index (χ0n) is 17.9. The van der Waals surface area contributed by atoms with E-state index in [1.165, 1.54) is 70.6 Å². The summed E-state index contributed by atoms with van der Waals surface area (Å²) in [7, 11) is 0. The van der Waals surface area contributed by atoms with Crippen molar-refractivity contribution in [3.05, 3.63) is 0 Å². The van der Waals surface area contributed by atoms with Gasteiger partial charge >= 0.3 is 0 Å². The smallest absolute Gasteiger partial charge is 0.139 e. The summed E-state index contributed by atoms with van der Waals surface area (Å²) >= 11 is 0. The Balaban J connectivity index is 1.66. The summed E-state index contributed by atoms with van der Waals surface area (Å²) < 4.78 is 0. The first-order valence-electron chi connectivity index (χ1n) is 12.0. The Morgan fingerprint density at radius 3 is 2.38 bits per heavy atom. The highest BCUT2D eigenvalue weighted by atomic mass is 16.1. The van der Waals surface area contributed by atoms with E-state index in [0.717, 1.165) is 12.3 Å². The third kappa shape index (κ3) is 2.58. The molecule has 148 valence electrons. The van der Waals surface area contributed by atoms with E-state index in [2.05, 4.69) is 27.7 Å². The van der Waals surface area contributed by atoms with E-state index in [1.807, 2.05) is 0 Å². The van der Waals surface area contributed by atoms with E-state index in [0.29, 0.717) is 46.2 Å². The van der Waals surface area contributed by atoms with Crippen molar-refractivity contribution in [1.29, 1.82) is 0 Å². The standard InChI is InChI=1S/C25H42O/c1-5-7-10-17-12-13-20-22-21(14-16-24(17,20)3)25(4)15-9-8-11-19(25)18(6-2)23(22)26/h17-22H,5-16H2,1-4H3/t17?,18-,19?,20?,21?,22?,24-,25+/m1/s1. The van der Waals surface area contributed by atoms with Gasteiger partial charge in [-0.15, -0.1) is 0 Å². The Hall–Kier alpha value is -0.330. The maximum absolute atomic E-state index is 13.8. The van der Waals surface area contributed by atoms with E-state index >= 15 is 0 Å². The van der Waals surface area contributed by atoms with E-state index in [4.69, 9.17) is 0 Å². The maximum Gasteiger partial charge on any atom is 0.139 e. The van der Waals surface area contributed by atoms with Crippen LogP contribution < -0.4 is 0 Å². The van der Waals surface area contributed by atoms with E-state index in [-0.39, 0.29) is 0 Å². The van der Waals surface area contributed by atoms with Crippen molar-refractivity contribution < 1.29 is 4.79 Å². The minimum absolute atomic E-state index is 0.374. The van der Waals surface area contributed by atoms with Crippen LogP contribution in [0.1, 0.15) is 105 Å². The average Bonchev–Trinajstić information content (AvgIpc) is 2.97. The SMILES string of the molecule is CCCCC1CCC2C3C(=O)[C@H](CC)C4CCCC[C@]4(C)C3CC[C@]12C. The molecule has 0 aliphatic heterocycles. The molecule has 4 aliphatic carbocycles. The summed E-state index contributed by atoms with van der Waals surface area (Å²) in [5.74, 6) is 4.47. The van der Waals surface area contributed by atoms with Crippen LogP contribution in [0.5, 0.6) is 0 Å². The van der Waals surface area contributed by atoms with Crippen LogP contribution in [0.15, 0.2) is 0 Å². The molecule has 0 bridgehead atoms. The maximum atomic E-state index is 13.8. The van der Waals surface area contributed by atoms with Crippen molar-refractivity contribution in [2.45, 2.75) is 105 Å². The van der Waals surface area contributed by atoms with Crippen molar-refractivity contribution in [2.24, 2.45) is 46.3 Å². The zero-order chi connectivity index (χ0) is 18.5. The number of hydrogen-bond acceptors (Lipinski definition) is 1. The Morgan fingerprint density at radius 1 is 0.885 bits per heavy atom. The highest BCUT2D eigenvalue weighted by molar-refractivity contribution is 5.86. The molecule has 4 saturated carbocycles. The molecule has 0 spiro atoms. The highest BCUT2D eigenvalue weighted by Crippen LogP contribution is 2.68. The zero-order valence-corrected chi connectivity index (χ0v) is 17.9. The van der Waals surface area contributed by atoms with Crippen molar-refractivity contribution in [2.75, 3.05) is 0 Å². The Morgan fingerprint density at radius 2 is 1.65 bits per heavy atom. The van der Waals surface area contributed by atoms with Crippen LogP contribution in [0.4, 0.5) is 0 Å². The van der Waals surface area contributed by atoms with Gasteiger partial charge in [0, 0.05) is 11.8 Å². The minimum atomic E-state index is 0.374. The number of Topliss-reactive ketones (excluding diaryl/α,β-unsaturated/α-hetero) is 1. The third-order valence-electron chi connectivity index (χ3n) is 10.2. The molecule has 0 aromatic rings. The number of hydrogen-bond donors (Lipinski definition) is 0. The van der Waals surface area contributed by atoms with Crippen LogP contribution in [0.2, 0.25) is 0 Å². The molecule has 0 amide bonds. The second kappa shape index (κ2) is 6.93. The molecule has 0 saturated heterocycles. The molecule has 4 fully saturated rings. The van der Waals surface area contributed by atoms with Crippen molar-refractivity contribution >= 4 is 5.78 Å². The predicted molar refractivity (Wildman–Crippen MR) is 109 cm³/mol. The molecule has 1 nitrogen and oxygen atoms in total. The van der Waals surface area contributed by atoms with Gasteiger partial charge in [-0.3, -0.25) is 4.79 Å². The molecule has 26 heavy (non-hydrogen) atoms. The fraction of sp³-hybridized carbons (Fsp3) is 0.960. The highest BCUT2D eigenvalue weighted by Gasteiger charge is 2.63. The van der Waals surface area contributed by atoms with E-state index in [9.17, 15) is 4.79 Å². The molecule has 4 aliphatic rings. The van der Waals surface area contributed by atoms with Crippen molar-refractivity contribution in [3.8, 4) is 0 Å². The molecule has 1 heteroatoms. The van der Waals surface area contributed by atoms with Gasteiger partial charge in [-0.05, 0) is 85.9 Å². The Labute approximate surface area is 162 Å². The van der Waals surface area contributed by atoms with Crippen LogP contribution in [-0.2, 0) is 4.79 Å². The number of ketones is 1. The summed E-state index contributed by atoms with van der Waals surface area (Å²) in [6.07, 6.45) is 16.2. The first kappa shape index (κ1) is 19.0. The molecule has 0 heterocycles. The molecule has 4 rings (SSSR count). The lowest BCUT2D eigenvalue weighted by Crippen LogP contribution is -2.59. The van der Waals surface area contributed by atoms with Crippen LogP contribution in [-0.4, -0.2) is 5.78 Å². The number of carbonyl (C=O) groups excluding carboxylic acids is 1. The van der Waals surface area contributed by atoms with Gasteiger partial charge in [-0.25, -0.2) is 0 Å². The lowest BCUT2D eigenvalue weighted by Gasteiger charge is -2.61. The van der Waals surface area contributed by atoms with Crippen LogP contribution >= 0.6 is 0 Å². The van der Waals surface area contributed by atoms with Crippen LogP contribution in [0.25, 0.3) is 0 Å². The largest absolute Gasteiger partial charge is 0.299 e. The van der Waals surface area contributed by atoms with Crippen LogP contribution in [0.3, 0.4) is 0 Å². The summed E-state index contributed by atoms with van der Waals surface area (Å²) in [6, 6.07) is 0. The van der Waals surface area contributed by atoms with E-state index in [1.54, 1.807) is 0 Å². The quantitative estimate of drug-likeness (QED) is 0.526. The topological polar surface area (TPSA) is 17.1 Å². The third-order valence-corrected chi connectivity index (χ3v) is 10.2.